The summed E-state index contributed by atoms with van der Waals surface area (Å²) in [4.78, 5) is 23.5. The van der Waals surface area contributed by atoms with E-state index in [-0.39, 0.29) is 18.8 Å². The molecule has 8 nitrogen and oxygen atoms in total. The lowest BCUT2D eigenvalue weighted by molar-refractivity contribution is -0.869. The molecule has 2 unspecified atom stereocenters. The zero-order valence-corrected chi connectivity index (χ0v) is 24.5. The number of unbranched alkanes of at least 4 members (excludes halogenated alkanes) is 13. The van der Waals surface area contributed by atoms with E-state index in [1.807, 2.05) is 21.1 Å². The highest BCUT2D eigenvalue weighted by Gasteiger charge is 2.26. The highest BCUT2D eigenvalue weighted by molar-refractivity contribution is 5.90. The van der Waals surface area contributed by atoms with E-state index in [0.29, 0.717) is 13.2 Å². The summed E-state index contributed by atoms with van der Waals surface area (Å²) in [6.07, 6.45) is 19.9. The Hall–Kier alpha value is -1.38. The number of rotatable bonds is 22. The number of likely N-dealkylation sites (N-methyl/N-ethyl adjacent to an activating group) is 1. The van der Waals surface area contributed by atoms with Crippen molar-refractivity contribution in [2.24, 2.45) is 0 Å². The number of carbonyl (C=O) groups excluding carboxylic acids is 2. The van der Waals surface area contributed by atoms with Gasteiger partial charge in [0.05, 0.1) is 53.0 Å². The third kappa shape index (κ3) is 21.3. The van der Waals surface area contributed by atoms with Crippen molar-refractivity contribution < 1.29 is 28.3 Å². The van der Waals surface area contributed by atoms with Gasteiger partial charge in [-0.05, 0) is 19.3 Å². The fourth-order valence-corrected chi connectivity index (χ4v) is 4.49. The normalized spacial score (nSPS) is 17.6. The van der Waals surface area contributed by atoms with Crippen molar-refractivity contribution in [1.82, 2.24) is 10.6 Å². The van der Waals surface area contributed by atoms with Crippen molar-refractivity contribution in [3.63, 3.8) is 0 Å². The van der Waals surface area contributed by atoms with Crippen molar-refractivity contribution in [2.45, 2.75) is 122 Å². The van der Waals surface area contributed by atoms with Crippen LogP contribution in [0, 0.1) is 0 Å². The molecule has 1 fully saturated rings. The summed E-state index contributed by atoms with van der Waals surface area (Å²) in [6.45, 7) is 5.04. The molecule has 2 atom stereocenters. The lowest BCUT2D eigenvalue weighted by Crippen LogP contribution is -2.46. The first-order chi connectivity index (χ1) is 17.8. The summed E-state index contributed by atoms with van der Waals surface area (Å²) in [6, 6.07) is -0.541. The van der Waals surface area contributed by atoms with Gasteiger partial charge in [-0.1, -0.05) is 90.4 Å². The number of hydrogen-bond donors (Lipinski definition) is 2. The zero-order chi connectivity index (χ0) is 27.2. The second kappa shape index (κ2) is 21.5. The third-order valence-corrected chi connectivity index (χ3v) is 6.83. The number of ether oxygens (including phenoxy) is 3. The van der Waals surface area contributed by atoms with Crippen LogP contribution in [0.2, 0.25) is 0 Å². The van der Waals surface area contributed by atoms with Gasteiger partial charge in [-0.25, -0.2) is 14.9 Å². The first kappa shape index (κ1) is 33.6. The molecule has 37 heavy (non-hydrogen) atoms. The molecule has 1 aliphatic rings. The second-order valence-electron chi connectivity index (χ2n) is 11.6. The first-order valence-corrected chi connectivity index (χ1v) is 15.1. The van der Waals surface area contributed by atoms with Crippen LogP contribution in [-0.4, -0.2) is 82.9 Å². The van der Waals surface area contributed by atoms with Gasteiger partial charge in [-0.2, -0.15) is 0 Å². The fraction of sp³-hybridized carbons (Fsp3) is 0.931. The number of carbonyl (C=O) groups is 2. The molecule has 1 aliphatic heterocycles. The monoisotopic (exact) mass is 528 g/mol. The molecule has 2 N–H and O–H groups in total. The van der Waals surface area contributed by atoms with Crippen LogP contribution < -0.4 is 10.6 Å². The Kier molecular flexibility index (Phi) is 19.6. The summed E-state index contributed by atoms with van der Waals surface area (Å²) in [5.74, 6) is 0. The molecule has 0 spiro atoms. The van der Waals surface area contributed by atoms with Crippen LogP contribution >= 0.6 is 0 Å². The molecule has 0 radical (unpaired) electrons. The largest absolute Gasteiger partial charge is 0.446 e. The topological polar surface area (TPSA) is 85.9 Å². The Labute approximate surface area is 227 Å². The molecule has 0 bridgehead atoms. The highest BCUT2D eigenvalue weighted by atomic mass is 16.6. The number of nitrogens with one attached hydrogen (secondary N) is 2. The Morgan fingerprint density at radius 2 is 1.30 bits per heavy atom. The number of amides is 3. The predicted molar refractivity (Wildman–Crippen MR) is 150 cm³/mol. The molecular formula is C29H58N3O5+. The van der Waals surface area contributed by atoms with Crippen LogP contribution in [0.4, 0.5) is 9.59 Å². The Balaban J connectivity index is 1.88. The molecular weight excluding hydrogens is 470 g/mol. The fourth-order valence-electron chi connectivity index (χ4n) is 4.49. The van der Waals surface area contributed by atoms with E-state index < -0.39 is 12.1 Å². The number of hydrogen-bond acceptors (Lipinski definition) is 5. The number of urea groups is 1. The van der Waals surface area contributed by atoms with Gasteiger partial charge in [-0.3, -0.25) is 0 Å². The average molecular weight is 529 g/mol. The molecule has 218 valence electrons. The van der Waals surface area contributed by atoms with Crippen molar-refractivity contribution in [3.8, 4) is 0 Å². The van der Waals surface area contributed by atoms with E-state index in [2.05, 4.69) is 17.6 Å². The average Bonchev–Trinajstić information content (AvgIpc) is 3.29. The Morgan fingerprint density at radius 1 is 0.784 bits per heavy atom. The summed E-state index contributed by atoms with van der Waals surface area (Å²) in [5.41, 5.74) is 0. The van der Waals surface area contributed by atoms with Crippen LogP contribution in [0.15, 0.2) is 0 Å². The van der Waals surface area contributed by atoms with E-state index in [1.54, 1.807) is 0 Å². The second-order valence-corrected chi connectivity index (χ2v) is 11.6. The minimum atomic E-state index is -0.746. The standard InChI is InChI=1S/C29H57N3O5/c1-5-6-7-8-9-10-11-12-13-14-15-16-17-18-23-35-24-26-19-20-27(37-26)25-36-29(34)31-28(33)30-21-22-32(2,3)4/h26-27H,5-25H2,1-4H3,(H-,30,31,33,34)/p+1. The first-order valence-electron chi connectivity index (χ1n) is 15.1. The maximum Gasteiger partial charge on any atom is 0.415 e. The lowest BCUT2D eigenvalue weighted by Gasteiger charge is -2.23. The Morgan fingerprint density at radius 3 is 1.84 bits per heavy atom. The number of imide groups is 1. The van der Waals surface area contributed by atoms with E-state index >= 15 is 0 Å². The van der Waals surface area contributed by atoms with Gasteiger partial charge in [-0.15, -0.1) is 0 Å². The predicted octanol–water partition coefficient (Wildman–Crippen LogP) is 6.17. The lowest BCUT2D eigenvalue weighted by atomic mass is 10.0. The van der Waals surface area contributed by atoms with Gasteiger partial charge in [0.2, 0.25) is 0 Å². The van der Waals surface area contributed by atoms with E-state index in [0.717, 1.165) is 36.9 Å². The molecule has 0 saturated carbocycles. The van der Waals surface area contributed by atoms with Crippen LogP contribution in [-0.2, 0) is 14.2 Å². The van der Waals surface area contributed by atoms with Crippen molar-refractivity contribution >= 4 is 12.1 Å². The summed E-state index contributed by atoms with van der Waals surface area (Å²) in [5, 5.41) is 4.84. The third-order valence-electron chi connectivity index (χ3n) is 6.83. The van der Waals surface area contributed by atoms with Crippen LogP contribution in [0.25, 0.3) is 0 Å². The molecule has 1 rings (SSSR count). The molecule has 0 aliphatic carbocycles. The van der Waals surface area contributed by atoms with Gasteiger partial charge in [0.25, 0.3) is 0 Å². The van der Waals surface area contributed by atoms with Gasteiger partial charge >= 0.3 is 12.1 Å². The molecule has 3 amide bonds. The van der Waals surface area contributed by atoms with E-state index in [4.69, 9.17) is 14.2 Å². The van der Waals surface area contributed by atoms with E-state index in [1.165, 1.54) is 83.5 Å². The maximum atomic E-state index is 11.8. The smallest absolute Gasteiger partial charge is 0.415 e. The number of alkyl carbamates (subject to hydrolysis) is 1. The number of quaternary nitrogens is 1. The minimum Gasteiger partial charge on any atom is -0.446 e. The van der Waals surface area contributed by atoms with Gasteiger partial charge in [0.1, 0.15) is 6.61 Å². The van der Waals surface area contributed by atoms with Crippen molar-refractivity contribution in [3.05, 3.63) is 0 Å². The molecule has 1 saturated heterocycles. The minimum absolute atomic E-state index is 0.0575. The van der Waals surface area contributed by atoms with Gasteiger partial charge < -0.3 is 24.0 Å². The summed E-state index contributed by atoms with van der Waals surface area (Å²) >= 11 is 0. The van der Waals surface area contributed by atoms with Crippen LogP contribution in [0.3, 0.4) is 0 Å². The van der Waals surface area contributed by atoms with Crippen molar-refractivity contribution in [2.75, 3.05) is 54.1 Å². The summed E-state index contributed by atoms with van der Waals surface area (Å²) in [7, 11) is 6.11. The quantitative estimate of drug-likeness (QED) is 0.130. The molecule has 0 aromatic rings. The number of nitrogens with zero attached hydrogens (tertiary/aromatic N) is 1. The van der Waals surface area contributed by atoms with E-state index in [9.17, 15) is 9.59 Å². The summed E-state index contributed by atoms with van der Waals surface area (Å²) < 4.78 is 17.6. The molecule has 0 aromatic heterocycles. The van der Waals surface area contributed by atoms with Gasteiger partial charge in [0, 0.05) is 6.61 Å². The zero-order valence-electron chi connectivity index (χ0n) is 24.5. The van der Waals surface area contributed by atoms with Crippen LogP contribution in [0.5, 0.6) is 0 Å². The molecule has 8 heteroatoms. The maximum absolute atomic E-state index is 11.8. The highest BCUT2D eigenvalue weighted by Crippen LogP contribution is 2.20. The Bertz CT molecular complexity index is 582. The van der Waals surface area contributed by atoms with Crippen molar-refractivity contribution in [1.29, 1.82) is 0 Å². The molecule has 0 aromatic carbocycles. The SMILES string of the molecule is CCCCCCCCCCCCCCCCOCC1CCC(COC(=O)NC(=O)NCC[N+](C)(C)C)O1. The van der Waals surface area contributed by atoms with Gasteiger partial charge in [0.15, 0.2) is 0 Å². The van der Waals surface area contributed by atoms with Crippen LogP contribution in [0.1, 0.15) is 110 Å². The molecule has 1 heterocycles.